The highest BCUT2D eigenvalue weighted by molar-refractivity contribution is 7.13. The van der Waals surface area contributed by atoms with Crippen molar-refractivity contribution in [1.29, 1.82) is 0 Å². The predicted octanol–water partition coefficient (Wildman–Crippen LogP) is 1.54. The molecule has 2 amide bonds. The minimum atomic E-state index is -0.400. The molecule has 1 fully saturated rings. The number of amides is 2. The van der Waals surface area contributed by atoms with Crippen LogP contribution in [0, 0.1) is 5.92 Å². The molecule has 1 aliphatic rings. The first-order valence-electron chi connectivity index (χ1n) is 6.69. The first kappa shape index (κ1) is 14.5. The number of hydrogen-bond acceptors (Lipinski definition) is 6. The number of anilines is 2. The molecule has 0 aliphatic carbocycles. The average molecular weight is 318 g/mol. The molecule has 3 rings (SSSR count). The van der Waals surface area contributed by atoms with Crippen molar-refractivity contribution in [3.63, 3.8) is 0 Å². The molecular weight excluding hydrogens is 304 g/mol. The zero-order valence-electron chi connectivity index (χ0n) is 11.9. The van der Waals surface area contributed by atoms with Crippen molar-refractivity contribution < 1.29 is 14.3 Å². The summed E-state index contributed by atoms with van der Waals surface area (Å²) in [4.78, 5) is 26.0. The molecular formula is C14H14N4O3S. The molecule has 1 atom stereocenters. The topological polar surface area (TPSA) is 84.4 Å². The van der Waals surface area contributed by atoms with Crippen LogP contribution in [0.25, 0.3) is 0 Å². The van der Waals surface area contributed by atoms with Crippen LogP contribution in [0.1, 0.15) is 6.42 Å². The van der Waals surface area contributed by atoms with E-state index >= 15 is 0 Å². The predicted molar refractivity (Wildman–Crippen MR) is 82.0 cm³/mol. The largest absolute Gasteiger partial charge is 0.497 e. The fraction of sp³-hybridized carbons (Fsp3) is 0.286. The molecule has 2 heterocycles. The van der Waals surface area contributed by atoms with Gasteiger partial charge >= 0.3 is 0 Å². The summed E-state index contributed by atoms with van der Waals surface area (Å²) in [6, 6.07) is 7.23. The maximum Gasteiger partial charge on any atom is 0.231 e. The van der Waals surface area contributed by atoms with Crippen LogP contribution in [-0.4, -0.2) is 35.7 Å². The van der Waals surface area contributed by atoms with E-state index in [4.69, 9.17) is 4.74 Å². The van der Waals surface area contributed by atoms with Crippen LogP contribution < -0.4 is 15.0 Å². The Morgan fingerprint density at radius 2 is 2.36 bits per heavy atom. The molecule has 114 valence electrons. The molecule has 0 unspecified atom stereocenters. The molecule has 0 bridgehead atoms. The van der Waals surface area contributed by atoms with Gasteiger partial charge in [0.15, 0.2) is 0 Å². The SMILES string of the molecule is COc1cccc(N2C[C@@H](C(=O)Nc3nncs3)CC2=O)c1. The summed E-state index contributed by atoms with van der Waals surface area (Å²) in [5.41, 5.74) is 2.27. The number of benzene rings is 1. The molecule has 1 aromatic carbocycles. The minimum Gasteiger partial charge on any atom is -0.497 e. The van der Waals surface area contributed by atoms with Crippen molar-refractivity contribution in [2.45, 2.75) is 6.42 Å². The number of carbonyl (C=O) groups is 2. The Kier molecular flexibility index (Phi) is 4.01. The number of carbonyl (C=O) groups excluding carboxylic acids is 2. The Labute approximate surface area is 130 Å². The summed E-state index contributed by atoms with van der Waals surface area (Å²) in [6.07, 6.45) is 0.182. The van der Waals surface area contributed by atoms with E-state index in [1.165, 1.54) is 16.8 Å². The van der Waals surface area contributed by atoms with E-state index in [-0.39, 0.29) is 18.2 Å². The number of rotatable bonds is 4. The molecule has 0 spiro atoms. The Hall–Kier alpha value is -2.48. The lowest BCUT2D eigenvalue weighted by molar-refractivity contribution is -0.122. The van der Waals surface area contributed by atoms with Crippen molar-refractivity contribution >= 4 is 34.0 Å². The van der Waals surface area contributed by atoms with Crippen molar-refractivity contribution in [2.24, 2.45) is 5.92 Å². The van der Waals surface area contributed by atoms with Crippen LogP contribution in [0.5, 0.6) is 5.75 Å². The third kappa shape index (κ3) is 2.91. The Morgan fingerprint density at radius 3 is 3.09 bits per heavy atom. The van der Waals surface area contributed by atoms with Crippen molar-refractivity contribution in [3.05, 3.63) is 29.8 Å². The summed E-state index contributed by atoms with van der Waals surface area (Å²) in [5.74, 6) is -0.0178. The van der Waals surface area contributed by atoms with E-state index in [9.17, 15) is 9.59 Å². The Morgan fingerprint density at radius 1 is 1.50 bits per heavy atom. The molecule has 1 N–H and O–H groups in total. The Bertz CT molecular complexity index is 689. The molecule has 0 radical (unpaired) electrons. The van der Waals surface area contributed by atoms with Gasteiger partial charge in [0.05, 0.1) is 13.0 Å². The number of methoxy groups -OCH3 is 1. The fourth-order valence-corrected chi connectivity index (χ4v) is 2.79. The normalized spacial score (nSPS) is 17.6. The maximum absolute atomic E-state index is 12.2. The molecule has 8 heteroatoms. The molecule has 1 aromatic heterocycles. The third-order valence-electron chi connectivity index (χ3n) is 3.45. The van der Waals surface area contributed by atoms with Crippen LogP contribution in [0.2, 0.25) is 0 Å². The quantitative estimate of drug-likeness (QED) is 0.924. The highest BCUT2D eigenvalue weighted by Gasteiger charge is 2.35. The van der Waals surface area contributed by atoms with Crippen LogP contribution in [0.4, 0.5) is 10.8 Å². The number of nitrogens with one attached hydrogen (secondary N) is 1. The molecule has 2 aromatic rings. The van der Waals surface area contributed by atoms with Crippen LogP contribution in [-0.2, 0) is 9.59 Å². The van der Waals surface area contributed by atoms with Crippen LogP contribution in [0.15, 0.2) is 29.8 Å². The van der Waals surface area contributed by atoms with Gasteiger partial charge < -0.3 is 15.0 Å². The molecule has 7 nitrogen and oxygen atoms in total. The highest BCUT2D eigenvalue weighted by atomic mass is 32.1. The summed E-state index contributed by atoms with van der Waals surface area (Å²) >= 11 is 1.24. The second-order valence-electron chi connectivity index (χ2n) is 4.84. The van der Waals surface area contributed by atoms with E-state index in [1.807, 2.05) is 18.2 Å². The lowest BCUT2D eigenvalue weighted by Crippen LogP contribution is -2.28. The highest BCUT2D eigenvalue weighted by Crippen LogP contribution is 2.28. The van der Waals surface area contributed by atoms with Gasteiger partial charge in [-0.15, -0.1) is 10.2 Å². The Balaban J connectivity index is 1.71. The molecule has 0 saturated carbocycles. The van der Waals surface area contributed by atoms with Gasteiger partial charge in [-0.25, -0.2) is 0 Å². The second kappa shape index (κ2) is 6.10. The van der Waals surface area contributed by atoms with Gasteiger partial charge in [-0.1, -0.05) is 17.4 Å². The summed E-state index contributed by atoms with van der Waals surface area (Å²) in [7, 11) is 1.57. The van der Waals surface area contributed by atoms with Crippen molar-refractivity contribution in [3.8, 4) is 5.75 Å². The maximum atomic E-state index is 12.2. The van der Waals surface area contributed by atoms with Gasteiger partial charge in [0.25, 0.3) is 0 Å². The number of nitrogens with zero attached hydrogens (tertiary/aromatic N) is 3. The van der Waals surface area contributed by atoms with Crippen molar-refractivity contribution in [1.82, 2.24) is 10.2 Å². The fourth-order valence-electron chi connectivity index (χ4n) is 2.35. The lowest BCUT2D eigenvalue weighted by atomic mass is 10.1. The van der Waals surface area contributed by atoms with E-state index in [2.05, 4.69) is 15.5 Å². The molecule has 22 heavy (non-hydrogen) atoms. The second-order valence-corrected chi connectivity index (χ2v) is 5.67. The third-order valence-corrected chi connectivity index (χ3v) is 4.06. The molecule has 1 aliphatic heterocycles. The van der Waals surface area contributed by atoms with Gasteiger partial charge in [0, 0.05) is 24.7 Å². The van der Waals surface area contributed by atoms with Gasteiger partial charge in [0.1, 0.15) is 11.3 Å². The van der Waals surface area contributed by atoms with Crippen LogP contribution >= 0.6 is 11.3 Å². The first-order chi connectivity index (χ1) is 10.7. The standard InChI is InChI=1S/C14H14N4O3S/c1-21-11-4-2-3-10(6-11)18-7-9(5-12(18)19)13(20)16-14-17-15-8-22-14/h2-4,6,8-9H,5,7H2,1H3,(H,16,17,20)/t9-/m0/s1. The van der Waals surface area contributed by atoms with E-state index in [0.29, 0.717) is 17.4 Å². The smallest absolute Gasteiger partial charge is 0.231 e. The number of aromatic nitrogens is 2. The monoisotopic (exact) mass is 318 g/mol. The summed E-state index contributed by atoms with van der Waals surface area (Å²) in [6.45, 7) is 0.344. The zero-order chi connectivity index (χ0) is 15.5. The van der Waals surface area contributed by atoms with Gasteiger partial charge in [-0.3, -0.25) is 9.59 Å². The van der Waals surface area contributed by atoms with Crippen molar-refractivity contribution in [2.75, 3.05) is 23.9 Å². The van der Waals surface area contributed by atoms with Gasteiger partial charge in [0.2, 0.25) is 16.9 Å². The molecule has 1 saturated heterocycles. The van der Waals surface area contributed by atoms with E-state index < -0.39 is 5.92 Å². The summed E-state index contributed by atoms with van der Waals surface area (Å²) < 4.78 is 5.16. The lowest BCUT2D eigenvalue weighted by Gasteiger charge is -2.17. The first-order valence-corrected chi connectivity index (χ1v) is 7.57. The zero-order valence-corrected chi connectivity index (χ0v) is 12.7. The minimum absolute atomic E-state index is 0.0781. The number of hydrogen-bond donors (Lipinski definition) is 1. The number of ether oxygens (including phenoxy) is 1. The van der Waals surface area contributed by atoms with Gasteiger partial charge in [-0.2, -0.15) is 0 Å². The van der Waals surface area contributed by atoms with Gasteiger partial charge in [-0.05, 0) is 12.1 Å². The summed E-state index contributed by atoms with van der Waals surface area (Å²) in [5, 5.41) is 10.6. The van der Waals surface area contributed by atoms with E-state index in [0.717, 1.165) is 5.69 Å². The van der Waals surface area contributed by atoms with E-state index in [1.54, 1.807) is 18.1 Å². The van der Waals surface area contributed by atoms with Crippen LogP contribution in [0.3, 0.4) is 0 Å². The average Bonchev–Trinajstić information content (AvgIpc) is 3.17.